The molecule has 0 aliphatic rings. The lowest BCUT2D eigenvalue weighted by molar-refractivity contribution is 0.0999. The highest BCUT2D eigenvalue weighted by atomic mass is 16.5. The van der Waals surface area contributed by atoms with Gasteiger partial charge in [0.2, 0.25) is 5.43 Å². The number of aromatic nitrogens is 1. The Labute approximate surface area is 97.4 Å². The van der Waals surface area contributed by atoms with Crippen molar-refractivity contribution in [1.29, 1.82) is 0 Å². The van der Waals surface area contributed by atoms with Crippen LogP contribution in [0.3, 0.4) is 0 Å². The molecule has 0 fully saturated rings. The summed E-state index contributed by atoms with van der Waals surface area (Å²) in [7, 11) is 3.30. The number of nitrogens with zero attached hydrogens (tertiary/aromatic N) is 1. The summed E-state index contributed by atoms with van der Waals surface area (Å²) in [6.45, 7) is 0. The number of carbonyl (C=O) groups excluding carboxylic acids is 1. The number of pyridine rings is 1. The number of ether oxygens (including phenoxy) is 1. The molecule has 0 radical (unpaired) electrons. The Balaban J connectivity index is 2.87. The Morgan fingerprint density at radius 3 is 2.71 bits per heavy atom. The number of amides is 1. The third-order valence-electron chi connectivity index (χ3n) is 2.66. The van der Waals surface area contributed by atoms with E-state index in [0.29, 0.717) is 16.7 Å². The molecule has 17 heavy (non-hydrogen) atoms. The fourth-order valence-electron chi connectivity index (χ4n) is 1.76. The van der Waals surface area contributed by atoms with Crippen molar-refractivity contribution >= 4 is 16.8 Å². The van der Waals surface area contributed by atoms with E-state index in [1.807, 2.05) is 0 Å². The molecule has 0 bridgehead atoms. The molecular weight excluding hydrogens is 220 g/mol. The lowest BCUT2D eigenvalue weighted by atomic mass is 10.1. The molecule has 2 N–H and O–H groups in total. The van der Waals surface area contributed by atoms with Gasteiger partial charge in [0.25, 0.3) is 5.91 Å². The largest absolute Gasteiger partial charge is 0.497 e. The van der Waals surface area contributed by atoms with Crippen molar-refractivity contribution in [1.82, 2.24) is 4.57 Å². The van der Waals surface area contributed by atoms with Gasteiger partial charge in [-0.2, -0.15) is 0 Å². The Kier molecular flexibility index (Phi) is 2.59. The number of nitrogens with two attached hydrogens (primary N) is 1. The van der Waals surface area contributed by atoms with Crippen LogP contribution in [0.25, 0.3) is 10.9 Å². The lowest BCUT2D eigenvalue weighted by Gasteiger charge is -2.08. The van der Waals surface area contributed by atoms with Gasteiger partial charge in [-0.1, -0.05) is 0 Å². The molecule has 0 aliphatic heterocycles. The minimum Gasteiger partial charge on any atom is -0.497 e. The zero-order valence-corrected chi connectivity index (χ0v) is 9.56. The maximum absolute atomic E-state index is 12.0. The summed E-state index contributed by atoms with van der Waals surface area (Å²) in [5.74, 6) is -0.0670. The van der Waals surface area contributed by atoms with E-state index >= 15 is 0 Å². The first kappa shape index (κ1) is 11.2. The molecule has 5 nitrogen and oxygen atoms in total. The average molecular weight is 232 g/mol. The summed E-state index contributed by atoms with van der Waals surface area (Å²) >= 11 is 0. The molecule has 0 saturated carbocycles. The maximum Gasteiger partial charge on any atom is 0.254 e. The summed E-state index contributed by atoms with van der Waals surface area (Å²) in [6.07, 6.45) is 1.44. The number of methoxy groups -OCH3 is 1. The van der Waals surface area contributed by atoms with Crippen LogP contribution in [0.15, 0.2) is 29.2 Å². The normalized spacial score (nSPS) is 10.5. The summed E-state index contributed by atoms with van der Waals surface area (Å²) in [5, 5.41) is 0.449. The number of carbonyl (C=O) groups is 1. The van der Waals surface area contributed by atoms with Gasteiger partial charge >= 0.3 is 0 Å². The Bertz CT molecular complexity index is 659. The van der Waals surface area contributed by atoms with Crippen LogP contribution in [-0.2, 0) is 7.05 Å². The van der Waals surface area contributed by atoms with Crippen molar-refractivity contribution in [3.8, 4) is 5.75 Å². The van der Waals surface area contributed by atoms with Gasteiger partial charge in [-0.05, 0) is 12.1 Å². The van der Waals surface area contributed by atoms with E-state index < -0.39 is 5.91 Å². The third-order valence-corrected chi connectivity index (χ3v) is 2.66. The van der Waals surface area contributed by atoms with Crippen LogP contribution in [0.2, 0.25) is 0 Å². The highest BCUT2D eigenvalue weighted by Gasteiger charge is 2.11. The van der Waals surface area contributed by atoms with Crippen LogP contribution >= 0.6 is 0 Å². The molecule has 0 atom stereocenters. The summed E-state index contributed by atoms with van der Waals surface area (Å²) in [4.78, 5) is 23.1. The van der Waals surface area contributed by atoms with E-state index in [1.165, 1.54) is 6.20 Å². The monoisotopic (exact) mass is 232 g/mol. The fraction of sp³-hybridized carbons (Fsp3) is 0.167. The summed E-state index contributed by atoms with van der Waals surface area (Å²) < 4.78 is 6.77. The van der Waals surface area contributed by atoms with E-state index in [2.05, 4.69) is 0 Å². The van der Waals surface area contributed by atoms with Gasteiger partial charge in [-0.25, -0.2) is 0 Å². The molecule has 0 unspecified atom stereocenters. The zero-order chi connectivity index (χ0) is 12.6. The van der Waals surface area contributed by atoms with Crippen LogP contribution in [0, 0.1) is 0 Å². The van der Waals surface area contributed by atoms with Gasteiger partial charge in [0.15, 0.2) is 0 Å². The number of primary amides is 1. The van der Waals surface area contributed by atoms with Gasteiger partial charge in [0, 0.05) is 24.7 Å². The number of hydrogen-bond donors (Lipinski definition) is 1. The first-order valence-electron chi connectivity index (χ1n) is 5.02. The first-order valence-corrected chi connectivity index (χ1v) is 5.02. The topological polar surface area (TPSA) is 74.3 Å². The fourth-order valence-corrected chi connectivity index (χ4v) is 1.76. The molecule has 2 aromatic rings. The molecule has 88 valence electrons. The smallest absolute Gasteiger partial charge is 0.254 e. The minimum absolute atomic E-state index is 0.00910. The van der Waals surface area contributed by atoms with Gasteiger partial charge < -0.3 is 15.0 Å². The second-order valence-electron chi connectivity index (χ2n) is 3.73. The average Bonchev–Trinajstić information content (AvgIpc) is 2.32. The number of hydrogen-bond acceptors (Lipinski definition) is 3. The van der Waals surface area contributed by atoms with Gasteiger partial charge in [0.05, 0.1) is 12.6 Å². The van der Waals surface area contributed by atoms with E-state index in [9.17, 15) is 9.59 Å². The Morgan fingerprint density at radius 2 is 2.12 bits per heavy atom. The predicted octanol–water partition coefficient (Wildman–Crippen LogP) is 0.646. The molecule has 0 spiro atoms. The predicted molar refractivity (Wildman–Crippen MR) is 64.3 cm³/mol. The SMILES string of the molecule is COc1ccc2c(=O)c(C(N)=O)cn(C)c2c1. The second kappa shape index (κ2) is 3.93. The Morgan fingerprint density at radius 1 is 1.41 bits per heavy atom. The van der Waals surface area contributed by atoms with Crippen molar-refractivity contribution in [3.63, 3.8) is 0 Å². The molecule has 1 heterocycles. The van der Waals surface area contributed by atoms with E-state index in [1.54, 1.807) is 36.9 Å². The summed E-state index contributed by atoms with van der Waals surface area (Å²) in [5.41, 5.74) is 5.48. The van der Waals surface area contributed by atoms with E-state index in [4.69, 9.17) is 10.5 Å². The Hall–Kier alpha value is -2.30. The van der Waals surface area contributed by atoms with Gasteiger partial charge in [0.1, 0.15) is 11.3 Å². The molecule has 1 amide bonds. The molecule has 1 aromatic heterocycles. The minimum atomic E-state index is -0.719. The van der Waals surface area contributed by atoms with Crippen LogP contribution in [0.5, 0.6) is 5.75 Å². The zero-order valence-electron chi connectivity index (χ0n) is 9.56. The van der Waals surface area contributed by atoms with E-state index in [-0.39, 0.29) is 11.0 Å². The number of benzene rings is 1. The second-order valence-corrected chi connectivity index (χ2v) is 3.73. The van der Waals surface area contributed by atoms with Crippen molar-refractivity contribution in [2.24, 2.45) is 12.8 Å². The molecule has 0 aliphatic carbocycles. The van der Waals surface area contributed by atoms with Crippen molar-refractivity contribution < 1.29 is 9.53 Å². The van der Waals surface area contributed by atoms with Crippen molar-refractivity contribution in [2.45, 2.75) is 0 Å². The van der Waals surface area contributed by atoms with E-state index in [0.717, 1.165) is 0 Å². The highest BCUT2D eigenvalue weighted by molar-refractivity contribution is 5.96. The molecule has 2 rings (SSSR count). The molecule has 1 aromatic carbocycles. The van der Waals surface area contributed by atoms with Crippen molar-refractivity contribution in [3.05, 3.63) is 40.2 Å². The van der Waals surface area contributed by atoms with Gasteiger partial charge in [-0.15, -0.1) is 0 Å². The molecule has 5 heteroatoms. The molecule has 0 saturated heterocycles. The maximum atomic E-state index is 12.0. The number of fused-ring (bicyclic) bond motifs is 1. The number of rotatable bonds is 2. The standard InChI is InChI=1S/C12H12N2O3/c1-14-6-9(12(13)16)11(15)8-4-3-7(17-2)5-10(8)14/h3-6H,1-2H3,(H2,13,16). The quantitative estimate of drug-likeness (QED) is 0.825. The third kappa shape index (κ3) is 1.75. The van der Waals surface area contributed by atoms with Crippen molar-refractivity contribution in [2.75, 3.05) is 7.11 Å². The van der Waals surface area contributed by atoms with Gasteiger partial charge in [-0.3, -0.25) is 9.59 Å². The van der Waals surface area contributed by atoms with Crippen LogP contribution in [0.4, 0.5) is 0 Å². The first-order chi connectivity index (χ1) is 8.04. The number of aryl methyl sites for hydroxylation is 1. The highest BCUT2D eigenvalue weighted by Crippen LogP contribution is 2.18. The molecular formula is C12H12N2O3. The van der Waals surface area contributed by atoms with Crippen LogP contribution in [0.1, 0.15) is 10.4 Å². The summed E-state index contributed by atoms with van der Waals surface area (Å²) in [6, 6.07) is 5.04. The lowest BCUT2D eigenvalue weighted by Crippen LogP contribution is -2.23. The van der Waals surface area contributed by atoms with Crippen LogP contribution in [-0.4, -0.2) is 17.6 Å². The van der Waals surface area contributed by atoms with Crippen LogP contribution < -0.4 is 15.9 Å².